The predicted octanol–water partition coefficient (Wildman–Crippen LogP) is 5.11. The van der Waals surface area contributed by atoms with Crippen molar-refractivity contribution in [2.75, 3.05) is 0 Å². The first-order valence-electron chi connectivity index (χ1n) is 6.21. The molecule has 2 rings (SSSR count). The molecule has 0 aromatic heterocycles. The van der Waals surface area contributed by atoms with Crippen LogP contribution in [0.3, 0.4) is 0 Å². The van der Waals surface area contributed by atoms with Crippen LogP contribution in [-0.4, -0.2) is 6.10 Å². The van der Waals surface area contributed by atoms with Gasteiger partial charge in [0.25, 0.3) is 0 Å². The zero-order valence-electron chi connectivity index (χ0n) is 11.0. The molecule has 0 aliphatic carbocycles. The number of rotatable bonds is 0. The third-order valence-electron chi connectivity index (χ3n) is 2.17. The van der Waals surface area contributed by atoms with Crippen LogP contribution >= 0.6 is 11.6 Å². The first-order valence-corrected chi connectivity index (χ1v) is 6.58. The van der Waals surface area contributed by atoms with Gasteiger partial charge in [-0.3, -0.25) is 0 Å². The van der Waals surface area contributed by atoms with Crippen LogP contribution in [0, 0.1) is 0 Å². The van der Waals surface area contributed by atoms with Gasteiger partial charge in [-0.25, -0.2) is 0 Å². The standard InChI is InChI=1S/C10H11ClO.2C2H6/c1-7-2-3-8-6-9(11)4-5-10(8)12-7;2*1-2/h4-7H,2-3H2,1H3;2*1-2H3. The number of benzene rings is 1. The maximum atomic E-state index is 5.86. The lowest BCUT2D eigenvalue weighted by Crippen LogP contribution is -2.18. The van der Waals surface area contributed by atoms with Gasteiger partial charge in [0, 0.05) is 5.02 Å². The molecule has 1 aliphatic heterocycles. The van der Waals surface area contributed by atoms with E-state index in [1.165, 1.54) is 5.56 Å². The van der Waals surface area contributed by atoms with E-state index in [-0.39, 0.29) is 0 Å². The van der Waals surface area contributed by atoms with E-state index in [0.717, 1.165) is 23.6 Å². The summed E-state index contributed by atoms with van der Waals surface area (Å²) in [7, 11) is 0. The molecule has 0 spiro atoms. The van der Waals surface area contributed by atoms with E-state index in [1.54, 1.807) is 0 Å². The van der Waals surface area contributed by atoms with Crippen molar-refractivity contribution >= 4 is 11.6 Å². The van der Waals surface area contributed by atoms with Crippen LogP contribution in [0.4, 0.5) is 0 Å². The lowest BCUT2D eigenvalue weighted by molar-refractivity contribution is 0.192. The van der Waals surface area contributed by atoms with E-state index < -0.39 is 0 Å². The van der Waals surface area contributed by atoms with Crippen molar-refractivity contribution in [2.24, 2.45) is 0 Å². The molecule has 1 aromatic rings. The Kier molecular flexibility index (Phi) is 8.10. The van der Waals surface area contributed by atoms with Gasteiger partial charge in [0.05, 0.1) is 6.10 Å². The average Bonchev–Trinajstić information content (AvgIpc) is 2.35. The Labute approximate surface area is 105 Å². The Bertz CT molecular complexity index is 297. The second-order valence-electron chi connectivity index (χ2n) is 3.22. The lowest BCUT2D eigenvalue weighted by Gasteiger charge is -2.23. The second kappa shape index (κ2) is 8.46. The Morgan fingerprint density at radius 3 is 2.44 bits per heavy atom. The number of hydrogen-bond acceptors (Lipinski definition) is 1. The van der Waals surface area contributed by atoms with Gasteiger partial charge < -0.3 is 4.74 Å². The minimum atomic E-state index is 0.346. The minimum Gasteiger partial charge on any atom is -0.490 e. The van der Waals surface area contributed by atoms with Crippen molar-refractivity contribution in [1.82, 2.24) is 0 Å². The van der Waals surface area contributed by atoms with E-state index in [4.69, 9.17) is 16.3 Å². The van der Waals surface area contributed by atoms with Gasteiger partial charge in [-0.15, -0.1) is 0 Å². The second-order valence-corrected chi connectivity index (χ2v) is 3.66. The molecular formula is C14H23ClO. The zero-order chi connectivity index (χ0) is 12.6. The summed E-state index contributed by atoms with van der Waals surface area (Å²) in [6, 6.07) is 5.81. The number of hydrogen-bond donors (Lipinski definition) is 0. The van der Waals surface area contributed by atoms with Gasteiger partial charge in [-0.1, -0.05) is 39.3 Å². The summed E-state index contributed by atoms with van der Waals surface area (Å²) in [6.07, 6.45) is 2.52. The normalized spacial score (nSPS) is 16.8. The zero-order valence-corrected chi connectivity index (χ0v) is 11.8. The van der Waals surface area contributed by atoms with E-state index in [2.05, 4.69) is 6.92 Å². The Hall–Kier alpha value is -0.690. The first-order chi connectivity index (χ1) is 7.75. The molecule has 2 heteroatoms. The van der Waals surface area contributed by atoms with E-state index >= 15 is 0 Å². The van der Waals surface area contributed by atoms with Gasteiger partial charge in [0.2, 0.25) is 0 Å². The molecule has 92 valence electrons. The summed E-state index contributed by atoms with van der Waals surface area (Å²) in [5.41, 5.74) is 1.24. The predicted molar refractivity (Wildman–Crippen MR) is 72.6 cm³/mol. The molecule has 0 amide bonds. The third-order valence-corrected chi connectivity index (χ3v) is 2.41. The highest BCUT2D eigenvalue weighted by molar-refractivity contribution is 6.30. The van der Waals surface area contributed by atoms with Crippen LogP contribution in [0.5, 0.6) is 5.75 Å². The average molecular weight is 243 g/mol. The first kappa shape index (κ1) is 15.3. The van der Waals surface area contributed by atoms with Crippen molar-refractivity contribution in [3.05, 3.63) is 28.8 Å². The van der Waals surface area contributed by atoms with Gasteiger partial charge >= 0.3 is 0 Å². The quantitative estimate of drug-likeness (QED) is 0.615. The molecule has 0 saturated heterocycles. The maximum Gasteiger partial charge on any atom is 0.122 e. The van der Waals surface area contributed by atoms with Crippen LogP contribution in [0.25, 0.3) is 0 Å². The molecule has 1 aromatic carbocycles. The van der Waals surface area contributed by atoms with E-state index in [0.29, 0.717) is 6.10 Å². The Balaban J connectivity index is 0.000000509. The molecule has 1 aliphatic rings. The van der Waals surface area contributed by atoms with Crippen LogP contribution < -0.4 is 4.74 Å². The fourth-order valence-corrected chi connectivity index (χ4v) is 1.69. The molecule has 1 nitrogen and oxygen atoms in total. The molecular weight excluding hydrogens is 220 g/mol. The van der Waals surface area contributed by atoms with Crippen LogP contribution in [0.15, 0.2) is 18.2 Å². The molecule has 0 saturated carbocycles. The van der Waals surface area contributed by atoms with Crippen molar-refractivity contribution in [3.8, 4) is 5.75 Å². The van der Waals surface area contributed by atoms with Crippen LogP contribution in [0.2, 0.25) is 5.02 Å². The van der Waals surface area contributed by atoms with Crippen molar-refractivity contribution < 1.29 is 4.74 Å². The minimum absolute atomic E-state index is 0.346. The van der Waals surface area contributed by atoms with Gasteiger partial charge in [-0.2, -0.15) is 0 Å². The Morgan fingerprint density at radius 2 is 1.81 bits per heavy atom. The molecule has 0 bridgehead atoms. The fourth-order valence-electron chi connectivity index (χ4n) is 1.49. The summed E-state index contributed by atoms with van der Waals surface area (Å²) in [5, 5.41) is 0.798. The van der Waals surface area contributed by atoms with Crippen LogP contribution in [-0.2, 0) is 6.42 Å². The highest BCUT2D eigenvalue weighted by Gasteiger charge is 2.15. The summed E-state index contributed by atoms with van der Waals surface area (Å²) < 4.78 is 5.63. The summed E-state index contributed by atoms with van der Waals surface area (Å²) in [6.45, 7) is 10.1. The van der Waals surface area contributed by atoms with E-state index in [9.17, 15) is 0 Å². The number of fused-ring (bicyclic) bond motifs is 1. The molecule has 16 heavy (non-hydrogen) atoms. The van der Waals surface area contributed by atoms with Gasteiger partial charge in [0.15, 0.2) is 0 Å². The van der Waals surface area contributed by atoms with Gasteiger partial charge in [-0.05, 0) is 43.5 Å². The maximum absolute atomic E-state index is 5.86. The van der Waals surface area contributed by atoms with Crippen LogP contribution in [0.1, 0.15) is 46.6 Å². The summed E-state index contributed by atoms with van der Waals surface area (Å²) >= 11 is 5.86. The highest BCUT2D eigenvalue weighted by Crippen LogP contribution is 2.29. The van der Waals surface area contributed by atoms with Crippen molar-refractivity contribution in [2.45, 2.75) is 53.6 Å². The van der Waals surface area contributed by atoms with Gasteiger partial charge in [0.1, 0.15) is 5.75 Å². The molecule has 0 fully saturated rings. The topological polar surface area (TPSA) is 9.23 Å². The summed E-state index contributed by atoms with van der Waals surface area (Å²) in [5.74, 6) is 0.998. The highest BCUT2D eigenvalue weighted by atomic mass is 35.5. The molecule has 1 unspecified atom stereocenters. The number of ether oxygens (including phenoxy) is 1. The van der Waals surface area contributed by atoms with E-state index in [1.807, 2.05) is 45.9 Å². The SMILES string of the molecule is CC.CC.CC1CCc2cc(Cl)ccc2O1. The number of halogens is 1. The van der Waals surface area contributed by atoms with Crippen molar-refractivity contribution in [1.29, 1.82) is 0 Å². The largest absolute Gasteiger partial charge is 0.490 e. The third kappa shape index (κ3) is 4.44. The molecule has 0 N–H and O–H groups in total. The smallest absolute Gasteiger partial charge is 0.122 e. The monoisotopic (exact) mass is 242 g/mol. The Morgan fingerprint density at radius 1 is 1.19 bits per heavy atom. The molecule has 0 radical (unpaired) electrons. The molecule has 1 atom stereocenters. The summed E-state index contributed by atoms with van der Waals surface area (Å²) in [4.78, 5) is 0. The lowest BCUT2D eigenvalue weighted by atomic mass is 10.0. The molecule has 1 heterocycles. The fraction of sp³-hybridized carbons (Fsp3) is 0.571. The van der Waals surface area contributed by atoms with Crippen molar-refractivity contribution in [3.63, 3.8) is 0 Å². The number of aryl methyl sites for hydroxylation is 1.